The topological polar surface area (TPSA) is 20.3 Å². The van der Waals surface area contributed by atoms with E-state index in [2.05, 4.69) is 63.2 Å². The van der Waals surface area contributed by atoms with Crippen LogP contribution in [0.25, 0.3) is 0 Å². The molecule has 2 nitrogen and oxygen atoms in total. The van der Waals surface area contributed by atoms with Crippen LogP contribution in [-0.2, 0) is 4.79 Å². The minimum Gasteiger partial charge on any atom is -0.306 e. The van der Waals surface area contributed by atoms with Gasteiger partial charge in [-0.3, -0.25) is 4.79 Å². The van der Waals surface area contributed by atoms with Gasteiger partial charge in [0.15, 0.2) is 0 Å². The second kappa shape index (κ2) is 5.28. The van der Waals surface area contributed by atoms with Crippen LogP contribution in [0.15, 0.2) is 54.6 Å². The molecule has 0 aromatic heterocycles. The average Bonchev–Trinajstić information content (AvgIpc) is 2.47. The van der Waals surface area contributed by atoms with E-state index in [4.69, 9.17) is 0 Å². The maximum Gasteiger partial charge on any atom is 0.224 e. The molecule has 0 saturated heterocycles. The van der Waals surface area contributed by atoms with Crippen LogP contribution in [0.2, 0.25) is 0 Å². The molecule has 22 heavy (non-hydrogen) atoms. The van der Waals surface area contributed by atoms with E-state index in [-0.39, 0.29) is 17.4 Å². The lowest BCUT2D eigenvalue weighted by atomic mass is 9.67. The van der Waals surface area contributed by atoms with Gasteiger partial charge in [0.1, 0.15) is 0 Å². The second-order valence-corrected chi connectivity index (χ2v) is 6.74. The highest BCUT2D eigenvalue weighted by Gasteiger charge is 2.46. The Balaban J connectivity index is 2.23. The molecule has 1 heterocycles. The number of carbonyl (C=O) groups is 1. The summed E-state index contributed by atoms with van der Waals surface area (Å²) >= 11 is 0. The fourth-order valence-electron chi connectivity index (χ4n) is 4.25. The van der Waals surface area contributed by atoms with E-state index >= 15 is 0 Å². The normalized spacial score (nSPS) is 23.0. The van der Waals surface area contributed by atoms with Gasteiger partial charge in [-0.15, -0.1) is 0 Å². The summed E-state index contributed by atoms with van der Waals surface area (Å²) < 4.78 is 0. The molecular formula is C20H23NO. The summed E-state index contributed by atoms with van der Waals surface area (Å²) in [5, 5.41) is 0. The van der Waals surface area contributed by atoms with Gasteiger partial charge in [-0.25, -0.2) is 0 Å². The van der Waals surface area contributed by atoms with Gasteiger partial charge in [0.2, 0.25) is 5.91 Å². The summed E-state index contributed by atoms with van der Waals surface area (Å²) in [6, 6.07) is 18.9. The molecule has 0 radical (unpaired) electrons. The van der Waals surface area contributed by atoms with Crippen molar-refractivity contribution < 1.29 is 4.79 Å². The third-order valence-electron chi connectivity index (χ3n) is 4.98. The van der Waals surface area contributed by atoms with Crippen molar-refractivity contribution >= 4 is 11.6 Å². The van der Waals surface area contributed by atoms with Crippen LogP contribution in [0.5, 0.6) is 0 Å². The number of amides is 1. The van der Waals surface area contributed by atoms with Crippen molar-refractivity contribution in [3.63, 3.8) is 0 Å². The Bertz CT molecular complexity index is 690. The molecule has 0 aliphatic carbocycles. The Hall–Kier alpha value is -2.09. The van der Waals surface area contributed by atoms with Gasteiger partial charge in [0, 0.05) is 24.1 Å². The van der Waals surface area contributed by atoms with E-state index in [9.17, 15) is 4.79 Å². The Morgan fingerprint density at radius 1 is 1.00 bits per heavy atom. The summed E-state index contributed by atoms with van der Waals surface area (Å²) in [4.78, 5) is 14.4. The maximum atomic E-state index is 12.4. The predicted molar refractivity (Wildman–Crippen MR) is 91.3 cm³/mol. The number of anilines is 1. The fourth-order valence-corrected chi connectivity index (χ4v) is 4.25. The first-order chi connectivity index (χ1) is 10.4. The predicted octanol–water partition coefficient (Wildman–Crippen LogP) is 4.72. The van der Waals surface area contributed by atoms with E-state index in [0.717, 1.165) is 5.69 Å². The monoisotopic (exact) mass is 293 g/mol. The zero-order valence-electron chi connectivity index (χ0n) is 13.7. The van der Waals surface area contributed by atoms with Gasteiger partial charge in [-0.2, -0.15) is 0 Å². The Morgan fingerprint density at radius 2 is 1.59 bits per heavy atom. The fraction of sp³-hybridized carbons (Fsp3) is 0.350. The molecule has 2 heteroatoms. The number of carbonyl (C=O) groups excluding carboxylic acids is 1. The standard InChI is InChI=1S/C20H23NO/c1-14-17-12-8-9-13-18(17)21(15(2)22)20(3,4)19(14)16-10-6-5-7-11-16/h5-14,19H,1-4H3. The van der Waals surface area contributed by atoms with E-state index in [1.807, 2.05) is 17.0 Å². The quantitative estimate of drug-likeness (QED) is 0.745. The SMILES string of the molecule is CC(=O)N1c2ccccc2C(C)C(c2ccccc2)C1(C)C. The average molecular weight is 293 g/mol. The third kappa shape index (κ3) is 2.14. The first kappa shape index (κ1) is 14.8. The Kier molecular flexibility index (Phi) is 3.56. The van der Waals surface area contributed by atoms with Crippen LogP contribution < -0.4 is 4.90 Å². The molecule has 2 unspecified atom stereocenters. The molecule has 2 aromatic carbocycles. The summed E-state index contributed by atoms with van der Waals surface area (Å²) in [6.45, 7) is 8.29. The molecule has 1 amide bonds. The van der Waals surface area contributed by atoms with Gasteiger partial charge in [0.25, 0.3) is 0 Å². The highest BCUT2D eigenvalue weighted by molar-refractivity contribution is 5.95. The third-order valence-corrected chi connectivity index (χ3v) is 4.98. The minimum absolute atomic E-state index is 0.102. The van der Waals surface area contributed by atoms with Crippen molar-refractivity contribution in [1.29, 1.82) is 0 Å². The lowest BCUT2D eigenvalue weighted by Gasteiger charge is -2.51. The number of nitrogens with zero attached hydrogens (tertiary/aromatic N) is 1. The minimum atomic E-state index is -0.263. The number of rotatable bonds is 1. The van der Waals surface area contributed by atoms with Crippen molar-refractivity contribution in [2.45, 2.75) is 45.1 Å². The zero-order chi connectivity index (χ0) is 15.9. The van der Waals surface area contributed by atoms with Crippen LogP contribution in [0.4, 0.5) is 5.69 Å². The molecule has 2 atom stereocenters. The van der Waals surface area contributed by atoms with Crippen LogP contribution in [0.1, 0.15) is 50.7 Å². The van der Waals surface area contributed by atoms with Gasteiger partial charge in [-0.1, -0.05) is 55.5 Å². The zero-order valence-corrected chi connectivity index (χ0v) is 13.7. The lowest BCUT2D eigenvalue weighted by Crippen LogP contribution is -2.55. The molecule has 3 rings (SSSR count). The lowest BCUT2D eigenvalue weighted by molar-refractivity contribution is -0.118. The van der Waals surface area contributed by atoms with Crippen molar-refractivity contribution in [2.24, 2.45) is 0 Å². The number of hydrogen-bond donors (Lipinski definition) is 0. The number of hydrogen-bond acceptors (Lipinski definition) is 1. The molecule has 2 aromatic rings. The Labute approximate surface area is 132 Å². The maximum absolute atomic E-state index is 12.4. The second-order valence-electron chi connectivity index (χ2n) is 6.74. The highest BCUT2D eigenvalue weighted by Crippen LogP contribution is 2.51. The van der Waals surface area contributed by atoms with Crippen molar-refractivity contribution in [3.8, 4) is 0 Å². The van der Waals surface area contributed by atoms with Crippen LogP contribution in [-0.4, -0.2) is 11.4 Å². The largest absolute Gasteiger partial charge is 0.306 e. The van der Waals surface area contributed by atoms with E-state index < -0.39 is 0 Å². The summed E-state index contributed by atoms with van der Waals surface area (Å²) in [5.41, 5.74) is 3.34. The molecule has 0 spiro atoms. The van der Waals surface area contributed by atoms with Crippen LogP contribution in [0.3, 0.4) is 0 Å². The number of fused-ring (bicyclic) bond motifs is 1. The number of para-hydroxylation sites is 1. The molecule has 0 fully saturated rings. The first-order valence-corrected chi connectivity index (χ1v) is 7.89. The molecular weight excluding hydrogens is 270 g/mol. The van der Waals surface area contributed by atoms with E-state index in [1.165, 1.54) is 11.1 Å². The van der Waals surface area contributed by atoms with E-state index in [0.29, 0.717) is 5.92 Å². The molecule has 1 aliphatic heterocycles. The summed E-state index contributed by atoms with van der Waals surface area (Å²) in [5.74, 6) is 0.738. The van der Waals surface area contributed by atoms with Crippen molar-refractivity contribution in [1.82, 2.24) is 0 Å². The summed E-state index contributed by atoms with van der Waals surface area (Å²) in [7, 11) is 0. The van der Waals surface area contributed by atoms with Gasteiger partial charge >= 0.3 is 0 Å². The number of benzene rings is 2. The molecule has 1 aliphatic rings. The van der Waals surface area contributed by atoms with Gasteiger partial charge in [-0.05, 0) is 37.0 Å². The van der Waals surface area contributed by atoms with Crippen LogP contribution in [0, 0.1) is 0 Å². The van der Waals surface area contributed by atoms with Crippen molar-refractivity contribution in [2.75, 3.05) is 4.90 Å². The summed E-state index contributed by atoms with van der Waals surface area (Å²) in [6.07, 6.45) is 0. The smallest absolute Gasteiger partial charge is 0.224 e. The van der Waals surface area contributed by atoms with Gasteiger partial charge in [0.05, 0.1) is 0 Å². The highest BCUT2D eigenvalue weighted by atomic mass is 16.2. The van der Waals surface area contributed by atoms with Crippen LogP contribution >= 0.6 is 0 Å². The molecule has 0 bridgehead atoms. The van der Waals surface area contributed by atoms with E-state index in [1.54, 1.807) is 6.92 Å². The molecule has 0 N–H and O–H groups in total. The van der Waals surface area contributed by atoms with Crippen molar-refractivity contribution in [3.05, 3.63) is 65.7 Å². The molecule has 114 valence electrons. The molecule has 0 saturated carbocycles. The Morgan fingerprint density at radius 3 is 2.23 bits per heavy atom. The van der Waals surface area contributed by atoms with Gasteiger partial charge < -0.3 is 4.90 Å². The first-order valence-electron chi connectivity index (χ1n) is 7.89.